The Labute approximate surface area is 198 Å². The zero-order chi connectivity index (χ0) is 23.1. The van der Waals surface area contributed by atoms with Crippen LogP contribution in [0.1, 0.15) is 28.8 Å². The summed E-state index contributed by atoms with van der Waals surface area (Å²) in [4.78, 5) is 34.5. The Bertz CT molecular complexity index is 1310. The monoisotopic (exact) mass is 461 g/mol. The molecule has 1 fully saturated rings. The Morgan fingerprint density at radius 1 is 1.12 bits per heavy atom. The van der Waals surface area contributed by atoms with Crippen molar-refractivity contribution in [3.05, 3.63) is 58.4 Å². The molecule has 0 saturated carbocycles. The molecule has 2 aromatic carbocycles. The zero-order valence-electron chi connectivity index (χ0n) is 18.9. The second-order valence-electron chi connectivity index (χ2n) is 8.83. The Balaban J connectivity index is 1.21. The van der Waals surface area contributed by atoms with Gasteiger partial charge in [-0.05, 0) is 61.8 Å². The lowest BCUT2D eigenvalue weighted by molar-refractivity contribution is -0.131. The second-order valence-corrected chi connectivity index (χ2v) is 9.19. The van der Waals surface area contributed by atoms with E-state index in [-0.39, 0.29) is 16.6 Å². The van der Waals surface area contributed by atoms with E-state index in [1.165, 1.54) is 21.4 Å². The van der Waals surface area contributed by atoms with Gasteiger partial charge in [-0.25, -0.2) is 9.55 Å². The van der Waals surface area contributed by atoms with E-state index in [0.29, 0.717) is 31.7 Å². The van der Waals surface area contributed by atoms with Crippen molar-refractivity contribution in [2.24, 2.45) is 0 Å². The molecule has 0 bridgehead atoms. The molecule has 2 aliphatic rings. The SMILES string of the molecule is Cc1ccc(C)c(N2CCN(C(=O)CC[C@@H]3Nc4c5ccccc5nc(=S)n4C3=O)CC2)c1. The van der Waals surface area contributed by atoms with Crippen LogP contribution in [0, 0.1) is 18.6 Å². The van der Waals surface area contributed by atoms with Crippen LogP contribution in [-0.4, -0.2) is 58.5 Å². The third-order valence-corrected chi connectivity index (χ3v) is 6.88. The molecule has 5 rings (SSSR count). The van der Waals surface area contributed by atoms with Gasteiger partial charge in [0.15, 0.2) is 0 Å². The maximum atomic E-state index is 13.0. The lowest BCUT2D eigenvalue weighted by Crippen LogP contribution is -2.49. The minimum Gasteiger partial charge on any atom is -0.368 e. The molecule has 1 aromatic heterocycles. The molecule has 170 valence electrons. The smallest absolute Gasteiger partial charge is 0.257 e. The van der Waals surface area contributed by atoms with Gasteiger partial charge in [-0.3, -0.25) is 9.59 Å². The fraction of sp³-hybridized carbons (Fsp3) is 0.360. The summed E-state index contributed by atoms with van der Waals surface area (Å²) in [7, 11) is 0. The first-order valence-corrected chi connectivity index (χ1v) is 11.8. The van der Waals surface area contributed by atoms with E-state index in [2.05, 4.69) is 47.2 Å². The number of nitrogens with one attached hydrogen (secondary N) is 1. The van der Waals surface area contributed by atoms with E-state index in [4.69, 9.17) is 12.2 Å². The van der Waals surface area contributed by atoms with E-state index in [1.54, 1.807) is 0 Å². The summed E-state index contributed by atoms with van der Waals surface area (Å²) in [6.07, 6.45) is 0.749. The normalized spacial score (nSPS) is 17.9. The number of anilines is 2. The summed E-state index contributed by atoms with van der Waals surface area (Å²) in [5, 5.41) is 4.15. The summed E-state index contributed by atoms with van der Waals surface area (Å²) in [6, 6.07) is 13.6. The summed E-state index contributed by atoms with van der Waals surface area (Å²) in [6.45, 7) is 7.24. The summed E-state index contributed by atoms with van der Waals surface area (Å²) in [5.74, 6) is 0.628. The van der Waals surface area contributed by atoms with Gasteiger partial charge >= 0.3 is 0 Å². The number of amides is 1. The molecule has 1 atom stereocenters. The van der Waals surface area contributed by atoms with Crippen LogP contribution in [0.5, 0.6) is 0 Å². The minimum absolute atomic E-state index is 0.0905. The number of hydrogen-bond donors (Lipinski definition) is 1. The molecule has 1 saturated heterocycles. The van der Waals surface area contributed by atoms with Crippen LogP contribution in [0.4, 0.5) is 11.5 Å². The molecule has 33 heavy (non-hydrogen) atoms. The first-order valence-electron chi connectivity index (χ1n) is 11.3. The number of benzene rings is 2. The molecule has 0 radical (unpaired) electrons. The van der Waals surface area contributed by atoms with E-state index >= 15 is 0 Å². The van der Waals surface area contributed by atoms with Gasteiger partial charge in [0.25, 0.3) is 5.91 Å². The Morgan fingerprint density at radius 3 is 2.67 bits per heavy atom. The van der Waals surface area contributed by atoms with Crippen LogP contribution in [0.2, 0.25) is 0 Å². The lowest BCUT2D eigenvalue weighted by Gasteiger charge is -2.37. The second kappa shape index (κ2) is 8.59. The molecule has 3 heterocycles. The van der Waals surface area contributed by atoms with Crippen molar-refractivity contribution >= 4 is 46.4 Å². The number of piperazine rings is 1. The highest BCUT2D eigenvalue weighted by Crippen LogP contribution is 2.29. The van der Waals surface area contributed by atoms with E-state index in [0.717, 1.165) is 24.0 Å². The molecule has 1 amide bonds. The summed E-state index contributed by atoms with van der Waals surface area (Å²) >= 11 is 5.35. The van der Waals surface area contributed by atoms with Crippen molar-refractivity contribution in [2.75, 3.05) is 36.4 Å². The Kier molecular flexibility index (Phi) is 5.62. The number of para-hydroxylation sites is 1. The largest absolute Gasteiger partial charge is 0.368 e. The average molecular weight is 462 g/mol. The van der Waals surface area contributed by atoms with Crippen molar-refractivity contribution in [2.45, 2.75) is 32.7 Å². The van der Waals surface area contributed by atoms with Gasteiger partial charge in [0, 0.05) is 43.7 Å². The number of nitrogens with zero attached hydrogens (tertiary/aromatic N) is 4. The van der Waals surface area contributed by atoms with E-state index < -0.39 is 6.04 Å². The number of hydrogen-bond acceptors (Lipinski definition) is 6. The molecule has 3 aromatic rings. The van der Waals surface area contributed by atoms with Crippen LogP contribution in [-0.2, 0) is 4.79 Å². The van der Waals surface area contributed by atoms with Gasteiger partial charge in [0.05, 0.1) is 5.52 Å². The van der Waals surface area contributed by atoms with Crippen molar-refractivity contribution in [1.29, 1.82) is 0 Å². The molecule has 0 aliphatic carbocycles. The molecule has 7 nitrogen and oxygen atoms in total. The molecule has 8 heteroatoms. The van der Waals surface area contributed by atoms with Crippen LogP contribution < -0.4 is 10.2 Å². The Hall–Kier alpha value is -3.26. The standard InChI is InChI=1S/C25H27N5O2S/c1-16-7-8-17(2)21(15-16)28-11-13-29(14-12-28)22(31)10-9-20-24(32)30-23(26-20)18-5-3-4-6-19(18)27-25(30)33/h3-8,15,20,26H,9-14H2,1-2H3/t20-/m0/s1. The highest BCUT2D eigenvalue weighted by Gasteiger charge is 2.33. The topological polar surface area (TPSA) is 70.5 Å². The average Bonchev–Trinajstić information content (AvgIpc) is 3.16. The zero-order valence-corrected chi connectivity index (χ0v) is 19.7. The Morgan fingerprint density at radius 2 is 1.88 bits per heavy atom. The number of fused-ring (bicyclic) bond motifs is 3. The number of aryl methyl sites for hydroxylation is 2. The number of aromatic nitrogens is 2. The van der Waals surface area contributed by atoms with Gasteiger partial charge in [0.2, 0.25) is 10.7 Å². The van der Waals surface area contributed by atoms with Gasteiger partial charge in [-0.1, -0.05) is 24.3 Å². The number of carbonyl (C=O) groups is 2. The number of rotatable bonds is 4. The van der Waals surface area contributed by atoms with Gasteiger partial charge in [0.1, 0.15) is 11.9 Å². The highest BCUT2D eigenvalue weighted by molar-refractivity contribution is 7.71. The molecular formula is C25H27N5O2S. The van der Waals surface area contributed by atoms with Crippen molar-refractivity contribution in [1.82, 2.24) is 14.5 Å². The van der Waals surface area contributed by atoms with E-state index in [1.807, 2.05) is 29.2 Å². The van der Waals surface area contributed by atoms with Gasteiger partial charge in [-0.15, -0.1) is 0 Å². The van der Waals surface area contributed by atoms with Crippen molar-refractivity contribution in [3.8, 4) is 0 Å². The molecular weight excluding hydrogens is 434 g/mol. The molecule has 0 unspecified atom stereocenters. The predicted octanol–water partition coefficient (Wildman–Crippen LogP) is 3.95. The van der Waals surface area contributed by atoms with Crippen molar-refractivity contribution < 1.29 is 9.59 Å². The van der Waals surface area contributed by atoms with Gasteiger partial charge in [-0.2, -0.15) is 0 Å². The summed E-state index contributed by atoms with van der Waals surface area (Å²) < 4.78 is 1.72. The fourth-order valence-electron chi connectivity index (χ4n) is 4.75. The lowest BCUT2D eigenvalue weighted by atomic mass is 10.1. The van der Waals surface area contributed by atoms with Crippen molar-refractivity contribution in [3.63, 3.8) is 0 Å². The van der Waals surface area contributed by atoms with Gasteiger partial charge < -0.3 is 15.1 Å². The maximum Gasteiger partial charge on any atom is 0.257 e. The van der Waals surface area contributed by atoms with Crippen LogP contribution in [0.3, 0.4) is 0 Å². The first kappa shape index (κ1) is 21.6. The maximum absolute atomic E-state index is 13.0. The molecule has 1 N–H and O–H groups in total. The predicted molar refractivity (Wildman–Crippen MR) is 133 cm³/mol. The minimum atomic E-state index is -0.473. The quantitative estimate of drug-likeness (QED) is 0.594. The van der Waals surface area contributed by atoms with Crippen LogP contribution >= 0.6 is 12.2 Å². The number of carbonyl (C=O) groups excluding carboxylic acids is 2. The third kappa shape index (κ3) is 3.99. The molecule has 0 spiro atoms. The van der Waals surface area contributed by atoms with Crippen LogP contribution in [0.15, 0.2) is 42.5 Å². The molecule has 2 aliphatic heterocycles. The fourth-order valence-corrected chi connectivity index (χ4v) is 5.03. The van der Waals surface area contributed by atoms with Crippen LogP contribution in [0.25, 0.3) is 10.9 Å². The summed E-state index contributed by atoms with van der Waals surface area (Å²) in [5.41, 5.74) is 4.50. The third-order valence-electron chi connectivity index (χ3n) is 6.60. The highest BCUT2D eigenvalue weighted by atomic mass is 32.1. The van der Waals surface area contributed by atoms with E-state index in [9.17, 15) is 9.59 Å². The first-order chi connectivity index (χ1) is 15.9.